The molecule has 30 heavy (non-hydrogen) atoms. The van der Waals surface area contributed by atoms with E-state index in [9.17, 15) is 4.79 Å². The molecule has 0 aromatic rings. The Hall–Kier alpha value is -1.42. The van der Waals surface area contributed by atoms with Gasteiger partial charge in [0.15, 0.2) is 0 Å². The Morgan fingerprint density at radius 1 is 1.20 bits per heavy atom. The van der Waals surface area contributed by atoms with E-state index in [1.54, 1.807) is 0 Å². The van der Waals surface area contributed by atoms with E-state index in [1.807, 2.05) is 27.7 Å². The first-order valence-electron chi connectivity index (χ1n) is 11.9. The normalized spacial score (nSPS) is 17.8. The van der Waals surface area contributed by atoms with Crippen molar-refractivity contribution in [3.05, 3.63) is 22.9 Å². The number of nitrogens with zero attached hydrogens (tertiary/aromatic N) is 2. The number of primary amides is 1. The predicted octanol–water partition coefficient (Wildman–Crippen LogP) is 6.76. The van der Waals surface area contributed by atoms with Gasteiger partial charge in [-0.05, 0) is 75.6 Å². The van der Waals surface area contributed by atoms with Crippen molar-refractivity contribution in [2.24, 2.45) is 22.1 Å². The summed E-state index contributed by atoms with van der Waals surface area (Å²) < 4.78 is 0. The molecule has 0 saturated heterocycles. The molecule has 4 heteroatoms. The van der Waals surface area contributed by atoms with E-state index in [1.165, 1.54) is 18.4 Å². The van der Waals surface area contributed by atoms with Crippen molar-refractivity contribution >= 4 is 11.6 Å². The van der Waals surface area contributed by atoms with Crippen LogP contribution >= 0.6 is 0 Å². The molecular weight excluding hydrogens is 370 g/mol. The molecular formula is C26H51N3O. The summed E-state index contributed by atoms with van der Waals surface area (Å²) in [5.74, 6) is 0.269. The summed E-state index contributed by atoms with van der Waals surface area (Å²) in [6.07, 6.45) is 7.92. The van der Waals surface area contributed by atoms with Gasteiger partial charge >= 0.3 is 0 Å². The van der Waals surface area contributed by atoms with Crippen molar-refractivity contribution in [2.75, 3.05) is 20.1 Å². The molecule has 1 rings (SSSR count). The maximum absolute atomic E-state index is 11.9. The van der Waals surface area contributed by atoms with Gasteiger partial charge in [0.25, 0.3) is 5.91 Å². The lowest BCUT2D eigenvalue weighted by molar-refractivity contribution is -0.114. The van der Waals surface area contributed by atoms with Crippen molar-refractivity contribution in [3.63, 3.8) is 0 Å². The van der Waals surface area contributed by atoms with Crippen LogP contribution in [0.2, 0.25) is 0 Å². The number of hydrogen-bond donors (Lipinski definition) is 1. The highest BCUT2D eigenvalue weighted by atomic mass is 16.1. The van der Waals surface area contributed by atoms with Crippen molar-refractivity contribution in [1.82, 2.24) is 4.90 Å². The fourth-order valence-corrected chi connectivity index (χ4v) is 3.49. The standard InChI is InChI=1S/C21H37N3O.C3H8.C2H6/c1-8-13-24(7)14-15(2)19(20(22)25)23-16(3)17-9-11-18(12-10-17)21(4,5)6;1-3-2;1-2/h9,18H,8,10-14H2,1-7H3,(H2,22,25);3H2,1-2H3;1-2H3/b19-15+,23-16?;;. The number of likely N-dealkylation sites (N-methyl/N-ethyl adjacent to an activating group) is 1. The zero-order valence-corrected chi connectivity index (χ0v) is 22.0. The van der Waals surface area contributed by atoms with E-state index in [2.05, 4.69) is 64.6 Å². The van der Waals surface area contributed by atoms with Crippen LogP contribution in [0.25, 0.3) is 0 Å². The van der Waals surface area contributed by atoms with E-state index >= 15 is 0 Å². The number of allylic oxidation sites excluding steroid dienone is 2. The van der Waals surface area contributed by atoms with Crippen LogP contribution < -0.4 is 5.73 Å². The average molecular weight is 422 g/mol. The van der Waals surface area contributed by atoms with Gasteiger partial charge in [-0.15, -0.1) is 0 Å². The molecule has 0 bridgehead atoms. The van der Waals surface area contributed by atoms with Crippen LogP contribution in [0.5, 0.6) is 0 Å². The largest absolute Gasteiger partial charge is 0.364 e. The molecule has 0 aliphatic heterocycles. The van der Waals surface area contributed by atoms with Gasteiger partial charge in [-0.2, -0.15) is 0 Å². The van der Waals surface area contributed by atoms with Gasteiger partial charge in [-0.1, -0.05) is 67.9 Å². The third-order valence-electron chi connectivity index (χ3n) is 5.13. The molecule has 1 aliphatic carbocycles. The minimum absolute atomic E-state index is 0.339. The highest BCUT2D eigenvalue weighted by Crippen LogP contribution is 2.37. The van der Waals surface area contributed by atoms with Crippen LogP contribution in [-0.2, 0) is 4.79 Å². The summed E-state index contributed by atoms with van der Waals surface area (Å²) in [5.41, 5.74) is 9.48. The fourth-order valence-electron chi connectivity index (χ4n) is 3.49. The van der Waals surface area contributed by atoms with Crippen molar-refractivity contribution in [2.45, 2.75) is 101 Å². The highest BCUT2D eigenvalue weighted by Gasteiger charge is 2.26. The number of nitrogens with two attached hydrogens (primary N) is 1. The van der Waals surface area contributed by atoms with Crippen molar-refractivity contribution in [3.8, 4) is 0 Å². The molecule has 4 nitrogen and oxygen atoms in total. The van der Waals surface area contributed by atoms with Crippen LogP contribution in [0.1, 0.15) is 101 Å². The monoisotopic (exact) mass is 421 g/mol. The van der Waals surface area contributed by atoms with Gasteiger partial charge in [0, 0.05) is 12.3 Å². The van der Waals surface area contributed by atoms with Crippen LogP contribution in [0, 0.1) is 11.3 Å². The van der Waals surface area contributed by atoms with E-state index in [-0.39, 0.29) is 0 Å². The lowest BCUT2D eigenvalue weighted by Gasteiger charge is -2.33. The highest BCUT2D eigenvalue weighted by molar-refractivity contribution is 6.03. The lowest BCUT2D eigenvalue weighted by atomic mass is 9.72. The van der Waals surface area contributed by atoms with E-state index in [0.29, 0.717) is 23.6 Å². The van der Waals surface area contributed by atoms with E-state index in [4.69, 9.17) is 5.73 Å². The molecule has 0 aromatic carbocycles. The molecule has 0 aromatic heterocycles. The van der Waals surface area contributed by atoms with Gasteiger partial charge < -0.3 is 10.6 Å². The number of rotatable bonds is 7. The Morgan fingerprint density at radius 2 is 1.73 bits per heavy atom. The molecule has 0 radical (unpaired) electrons. The van der Waals surface area contributed by atoms with Crippen LogP contribution in [0.15, 0.2) is 27.9 Å². The van der Waals surface area contributed by atoms with Crippen LogP contribution in [-0.4, -0.2) is 36.7 Å². The summed E-state index contributed by atoms with van der Waals surface area (Å²) in [4.78, 5) is 18.7. The summed E-state index contributed by atoms with van der Waals surface area (Å²) in [7, 11) is 2.05. The number of carbonyl (C=O) groups is 1. The summed E-state index contributed by atoms with van der Waals surface area (Å²) in [5, 5.41) is 0. The molecule has 0 heterocycles. The Morgan fingerprint density at radius 3 is 2.10 bits per heavy atom. The van der Waals surface area contributed by atoms with Crippen molar-refractivity contribution in [1.29, 1.82) is 0 Å². The second kappa shape index (κ2) is 16.3. The molecule has 176 valence electrons. The number of aliphatic imine (C=N–C) groups is 1. The molecule has 1 atom stereocenters. The van der Waals surface area contributed by atoms with E-state index in [0.717, 1.165) is 37.1 Å². The minimum Gasteiger partial charge on any atom is -0.364 e. The Balaban J connectivity index is 0. The number of amides is 1. The van der Waals surface area contributed by atoms with Gasteiger partial charge in [0.1, 0.15) is 5.70 Å². The Kier molecular flexibility index (Phi) is 16.7. The van der Waals surface area contributed by atoms with Gasteiger partial charge in [-0.25, -0.2) is 4.99 Å². The van der Waals surface area contributed by atoms with Crippen LogP contribution in [0.3, 0.4) is 0 Å². The zero-order valence-electron chi connectivity index (χ0n) is 22.0. The third kappa shape index (κ3) is 12.3. The van der Waals surface area contributed by atoms with Gasteiger partial charge in [-0.3, -0.25) is 4.79 Å². The van der Waals surface area contributed by atoms with Crippen LogP contribution in [0.4, 0.5) is 0 Å². The fraction of sp³-hybridized carbons (Fsp3) is 0.769. The average Bonchev–Trinajstić information content (AvgIpc) is 2.67. The first kappa shape index (κ1) is 30.8. The summed E-state index contributed by atoms with van der Waals surface area (Å²) in [6, 6.07) is 0. The number of hydrogen-bond acceptors (Lipinski definition) is 3. The summed E-state index contributed by atoms with van der Waals surface area (Å²) >= 11 is 0. The lowest BCUT2D eigenvalue weighted by Crippen LogP contribution is -2.25. The molecule has 2 N–H and O–H groups in total. The minimum atomic E-state index is -0.439. The second-order valence-electron chi connectivity index (χ2n) is 9.20. The SMILES string of the molecule is CC.CCC.CCCN(C)C/C(C)=C(/N=C(C)C1=CCC(C(C)(C)C)CC1)C(N)=O. The molecule has 1 amide bonds. The molecule has 1 unspecified atom stereocenters. The topological polar surface area (TPSA) is 58.7 Å². The first-order chi connectivity index (χ1) is 14.0. The first-order valence-corrected chi connectivity index (χ1v) is 11.9. The van der Waals surface area contributed by atoms with Gasteiger partial charge in [0.2, 0.25) is 0 Å². The van der Waals surface area contributed by atoms with Crippen molar-refractivity contribution < 1.29 is 4.79 Å². The predicted molar refractivity (Wildman–Crippen MR) is 135 cm³/mol. The summed E-state index contributed by atoms with van der Waals surface area (Å²) in [6.45, 7) is 23.0. The number of carbonyl (C=O) groups excluding carboxylic acids is 1. The molecule has 1 aliphatic rings. The Labute approximate surface area is 188 Å². The maximum atomic E-state index is 11.9. The maximum Gasteiger partial charge on any atom is 0.267 e. The Bertz CT molecular complexity index is 580. The van der Waals surface area contributed by atoms with E-state index < -0.39 is 5.91 Å². The smallest absolute Gasteiger partial charge is 0.267 e. The zero-order chi connectivity index (χ0) is 23.9. The second-order valence-corrected chi connectivity index (χ2v) is 9.20. The third-order valence-corrected chi connectivity index (χ3v) is 5.13. The quantitative estimate of drug-likeness (QED) is 0.364. The molecule has 0 fully saturated rings. The van der Waals surface area contributed by atoms with Gasteiger partial charge in [0.05, 0.1) is 0 Å². The molecule has 0 spiro atoms. The molecule has 0 saturated carbocycles.